The Labute approximate surface area is 161 Å². The SMILES string of the molecule is COc1c(C)cc(C)c(CP(=O)(c2ccccc2)c2ccccc2)c1OC. The highest BCUT2D eigenvalue weighted by Gasteiger charge is 2.30. The van der Waals surface area contributed by atoms with Crippen molar-refractivity contribution < 1.29 is 14.0 Å². The van der Waals surface area contributed by atoms with Gasteiger partial charge in [-0.25, -0.2) is 0 Å². The van der Waals surface area contributed by atoms with E-state index in [0.29, 0.717) is 17.7 Å². The molecule has 0 saturated carbocycles. The van der Waals surface area contributed by atoms with Crippen molar-refractivity contribution in [2.45, 2.75) is 20.0 Å². The molecule has 27 heavy (non-hydrogen) atoms. The summed E-state index contributed by atoms with van der Waals surface area (Å²) in [5, 5.41) is 1.69. The zero-order valence-electron chi connectivity index (χ0n) is 16.2. The van der Waals surface area contributed by atoms with Crippen LogP contribution in [0.3, 0.4) is 0 Å². The van der Waals surface area contributed by atoms with E-state index in [-0.39, 0.29) is 0 Å². The van der Waals surface area contributed by atoms with E-state index in [1.165, 1.54) is 0 Å². The zero-order valence-corrected chi connectivity index (χ0v) is 17.1. The smallest absolute Gasteiger partial charge is 0.164 e. The molecule has 3 rings (SSSR count). The summed E-state index contributed by atoms with van der Waals surface area (Å²) in [7, 11) is 0.378. The minimum Gasteiger partial charge on any atom is -0.493 e. The summed E-state index contributed by atoms with van der Waals surface area (Å²) in [4.78, 5) is 0. The van der Waals surface area contributed by atoms with Gasteiger partial charge >= 0.3 is 0 Å². The van der Waals surface area contributed by atoms with Crippen LogP contribution in [-0.2, 0) is 10.7 Å². The molecule has 0 aliphatic carbocycles. The maximum atomic E-state index is 14.4. The molecule has 0 heterocycles. The molecule has 0 amide bonds. The predicted octanol–water partition coefficient (Wildman–Crippen LogP) is 4.83. The third kappa shape index (κ3) is 3.65. The Morgan fingerprint density at radius 2 is 1.22 bits per heavy atom. The number of rotatable bonds is 6. The second-order valence-electron chi connectivity index (χ2n) is 6.62. The van der Waals surface area contributed by atoms with E-state index in [4.69, 9.17) is 9.47 Å². The summed E-state index contributed by atoms with van der Waals surface area (Å²) in [6.07, 6.45) is 0.382. The molecular formula is C23H25O3P. The van der Waals surface area contributed by atoms with Crippen molar-refractivity contribution in [3.05, 3.63) is 83.4 Å². The summed E-state index contributed by atoms with van der Waals surface area (Å²) in [5.41, 5.74) is 2.98. The van der Waals surface area contributed by atoms with Gasteiger partial charge in [-0.1, -0.05) is 66.7 Å². The number of hydrogen-bond acceptors (Lipinski definition) is 3. The molecule has 0 atom stereocenters. The van der Waals surface area contributed by atoms with Crippen LogP contribution in [0.5, 0.6) is 11.5 Å². The van der Waals surface area contributed by atoms with E-state index >= 15 is 0 Å². The Morgan fingerprint density at radius 3 is 1.67 bits per heavy atom. The molecule has 0 saturated heterocycles. The van der Waals surface area contributed by atoms with E-state index in [0.717, 1.165) is 27.3 Å². The molecule has 140 valence electrons. The molecule has 0 aliphatic rings. The molecule has 0 fully saturated rings. The summed E-state index contributed by atoms with van der Waals surface area (Å²) in [6, 6.07) is 21.5. The lowest BCUT2D eigenvalue weighted by Gasteiger charge is -2.23. The summed E-state index contributed by atoms with van der Waals surface area (Å²) < 4.78 is 25.7. The predicted molar refractivity (Wildman–Crippen MR) is 112 cm³/mol. The molecule has 0 aliphatic heterocycles. The third-order valence-corrected chi connectivity index (χ3v) is 7.91. The van der Waals surface area contributed by atoms with Crippen LogP contribution < -0.4 is 20.1 Å². The highest BCUT2D eigenvalue weighted by Crippen LogP contribution is 2.51. The summed E-state index contributed by atoms with van der Waals surface area (Å²) in [6.45, 7) is 4.02. The Balaban J connectivity index is 2.22. The first-order valence-corrected chi connectivity index (χ1v) is 10.8. The molecule has 0 spiro atoms. The fourth-order valence-corrected chi connectivity index (χ4v) is 6.34. The van der Waals surface area contributed by atoms with Crippen LogP contribution >= 0.6 is 7.14 Å². The van der Waals surface area contributed by atoms with Crippen LogP contribution in [-0.4, -0.2) is 14.2 Å². The van der Waals surface area contributed by atoms with Gasteiger partial charge in [0.05, 0.1) is 14.2 Å². The first-order chi connectivity index (χ1) is 13.0. The van der Waals surface area contributed by atoms with Gasteiger partial charge in [-0.3, -0.25) is 0 Å². The van der Waals surface area contributed by atoms with Gasteiger partial charge in [-0.15, -0.1) is 0 Å². The van der Waals surface area contributed by atoms with Crippen LogP contribution in [0.2, 0.25) is 0 Å². The number of benzene rings is 3. The van der Waals surface area contributed by atoms with Crippen LogP contribution in [0.15, 0.2) is 66.7 Å². The highest BCUT2D eigenvalue weighted by atomic mass is 31.2. The average Bonchev–Trinajstić information content (AvgIpc) is 2.70. The van der Waals surface area contributed by atoms with Gasteiger partial charge in [-0.05, 0) is 25.0 Å². The number of hydrogen-bond donors (Lipinski definition) is 0. The molecular weight excluding hydrogens is 355 g/mol. The fourth-order valence-electron chi connectivity index (χ4n) is 3.53. The Bertz CT molecular complexity index is 922. The first-order valence-electron chi connectivity index (χ1n) is 8.92. The van der Waals surface area contributed by atoms with Crippen molar-refractivity contribution >= 4 is 17.8 Å². The lowest BCUT2D eigenvalue weighted by molar-refractivity contribution is 0.350. The molecule has 0 bridgehead atoms. The number of methoxy groups -OCH3 is 2. The second-order valence-corrected chi connectivity index (χ2v) is 9.45. The van der Waals surface area contributed by atoms with Gasteiger partial charge < -0.3 is 14.0 Å². The molecule has 4 heteroatoms. The molecule has 3 aromatic rings. The maximum Gasteiger partial charge on any atom is 0.164 e. The van der Waals surface area contributed by atoms with Crippen molar-refractivity contribution in [2.24, 2.45) is 0 Å². The molecule has 0 radical (unpaired) electrons. The van der Waals surface area contributed by atoms with E-state index in [1.807, 2.05) is 74.5 Å². The lowest BCUT2D eigenvalue weighted by Crippen LogP contribution is -2.18. The quantitative estimate of drug-likeness (QED) is 0.575. The van der Waals surface area contributed by atoms with Gasteiger partial charge in [0.15, 0.2) is 11.5 Å². The Kier molecular flexibility index (Phi) is 5.72. The van der Waals surface area contributed by atoms with Gasteiger partial charge in [0.25, 0.3) is 0 Å². The van der Waals surface area contributed by atoms with E-state index in [2.05, 4.69) is 6.07 Å². The van der Waals surface area contributed by atoms with Crippen LogP contribution in [0.1, 0.15) is 16.7 Å². The normalized spacial score (nSPS) is 11.3. The highest BCUT2D eigenvalue weighted by molar-refractivity contribution is 7.78. The van der Waals surface area contributed by atoms with Gasteiger partial charge in [0, 0.05) is 22.3 Å². The molecule has 0 aromatic heterocycles. The molecule has 3 aromatic carbocycles. The van der Waals surface area contributed by atoms with E-state index < -0.39 is 7.14 Å². The topological polar surface area (TPSA) is 35.5 Å². The van der Waals surface area contributed by atoms with Crippen LogP contribution in [0.25, 0.3) is 0 Å². The van der Waals surface area contributed by atoms with Gasteiger partial charge in [0.2, 0.25) is 0 Å². The standard InChI is InChI=1S/C23H25O3P/c1-17-15-18(2)22(25-3)23(26-4)21(17)16-27(24,19-11-7-5-8-12-19)20-13-9-6-10-14-20/h5-15H,16H2,1-4H3. The van der Waals surface area contributed by atoms with Crippen LogP contribution in [0.4, 0.5) is 0 Å². The molecule has 0 N–H and O–H groups in total. The van der Waals surface area contributed by atoms with Crippen molar-refractivity contribution in [3.63, 3.8) is 0 Å². The lowest BCUT2D eigenvalue weighted by atomic mass is 10.0. The summed E-state index contributed by atoms with van der Waals surface area (Å²) >= 11 is 0. The second kappa shape index (κ2) is 8.02. The monoisotopic (exact) mass is 380 g/mol. The number of ether oxygens (including phenoxy) is 2. The van der Waals surface area contributed by atoms with E-state index in [1.54, 1.807) is 14.2 Å². The zero-order chi connectivity index (χ0) is 19.4. The number of aryl methyl sites for hydroxylation is 2. The third-order valence-electron chi connectivity index (χ3n) is 4.88. The summed E-state index contributed by atoms with van der Waals surface area (Å²) in [5.74, 6) is 1.37. The van der Waals surface area contributed by atoms with Crippen LogP contribution in [0, 0.1) is 13.8 Å². The van der Waals surface area contributed by atoms with Crippen molar-refractivity contribution in [1.82, 2.24) is 0 Å². The van der Waals surface area contributed by atoms with Crippen molar-refractivity contribution in [1.29, 1.82) is 0 Å². The van der Waals surface area contributed by atoms with Gasteiger partial charge in [-0.2, -0.15) is 0 Å². The molecule has 0 unspecified atom stereocenters. The van der Waals surface area contributed by atoms with E-state index in [9.17, 15) is 4.57 Å². The molecule has 3 nitrogen and oxygen atoms in total. The minimum absolute atomic E-state index is 0.382. The Morgan fingerprint density at radius 1 is 0.741 bits per heavy atom. The largest absolute Gasteiger partial charge is 0.493 e. The first kappa shape index (κ1) is 19.3. The Hall–Kier alpha value is -2.51. The van der Waals surface area contributed by atoms with Crippen molar-refractivity contribution in [2.75, 3.05) is 14.2 Å². The fraction of sp³-hybridized carbons (Fsp3) is 0.217. The average molecular weight is 380 g/mol. The maximum absolute atomic E-state index is 14.4. The van der Waals surface area contributed by atoms with Crippen molar-refractivity contribution in [3.8, 4) is 11.5 Å². The minimum atomic E-state index is -2.89. The van der Waals surface area contributed by atoms with Gasteiger partial charge in [0.1, 0.15) is 7.14 Å².